The first-order chi connectivity index (χ1) is 19.4. The van der Waals surface area contributed by atoms with Gasteiger partial charge >= 0.3 is 0 Å². The van der Waals surface area contributed by atoms with Crippen LogP contribution < -0.4 is 10.1 Å². The van der Waals surface area contributed by atoms with Crippen molar-refractivity contribution in [3.05, 3.63) is 89.4 Å². The highest BCUT2D eigenvalue weighted by molar-refractivity contribution is 6.00. The number of aryl methyl sites for hydroxylation is 1. The second-order valence-corrected chi connectivity index (χ2v) is 10.1. The minimum atomic E-state index is -0.365. The van der Waals surface area contributed by atoms with Gasteiger partial charge < -0.3 is 19.7 Å². The van der Waals surface area contributed by atoms with Crippen molar-refractivity contribution in [3.8, 4) is 11.5 Å². The topological polar surface area (TPSA) is 85.7 Å². The molecule has 1 aromatic heterocycles. The van der Waals surface area contributed by atoms with E-state index >= 15 is 0 Å². The number of fused-ring (bicyclic) bond motifs is 1. The average Bonchev–Trinajstić information content (AvgIpc) is 3.37. The van der Waals surface area contributed by atoms with E-state index in [1.165, 1.54) is 12.1 Å². The fourth-order valence-corrected chi connectivity index (χ4v) is 5.08. The number of methoxy groups -OCH3 is 1. The highest BCUT2D eigenvalue weighted by Gasteiger charge is 2.24. The van der Waals surface area contributed by atoms with Crippen LogP contribution >= 0.6 is 0 Å². The molecule has 5 rings (SSSR count). The van der Waals surface area contributed by atoms with Gasteiger partial charge in [-0.05, 0) is 79.8 Å². The van der Waals surface area contributed by atoms with Crippen molar-refractivity contribution in [3.63, 3.8) is 0 Å². The summed E-state index contributed by atoms with van der Waals surface area (Å²) in [6.07, 6.45) is 3.78. The lowest BCUT2D eigenvalue weighted by atomic mass is 9.96. The first-order valence-corrected chi connectivity index (χ1v) is 13.5. The summed E-state index contributed by atoms with van der Waals surface area (Å²) in [5.74, 6) is 0.864. The molecular weight excluding hydrogens is 511 g/mol. The smallest absolute Gasteiger partial charge is 0.253 e. The molecule has 2 heterocycles. The molecule has 4 aromatic rings. The van der Waals surface area contributed by atoms with Gasteiger partial charge in [0.05, 0.1) is 12.1 Å². The second kappa shape index (κ2) is 12.3. The molecule has 1 aliphatic rings. The van der Waals surface area contributed by atoms with Crippen LogP contribution in [0.25, 0.3) is 10.9 Å². The molecule has 1 N–H and O–H groups in total. The number of hydrogen-bond acceptors (Lipinski definition) is 5. The van der Waals surface area contributed by atoms with Gasteiger partial charge in [-0.3, -0.25) is 14.3 Å². The number of carbonyl (C=O) groups excluding carboxylic acids is 2. The van der Waals surface area contributed by atoms with E-state index < -0.39 is 0 Å². The van der Waals surface area contributed by atoms with E-state index in [0.717, 1.165) is 35.9 Å². The summed E-state index contributed by atoms with van der Waals surface area (Å²) < 4.78 is 26.0. The maximum absolute atomic E-state index is 13.4. The highest BCUT2D eigenvalue weighted by Crippen LogP contribution is 2.26. The SMILES string of the molecule is COCCNC(=O)c1ccc2nn(CC3CCN(C(=O)c4ccc(Oc5cccc(F)c5)cc4)CC3)cc2c1C. The third-order valence-electron chi connectivity index (χ3n) is 7.32. The molecule has 1 aliphatic heterocycles. The molecule has 1 saturated heterocycles. The Balaban J connectivity index is 1.15. The Morgan fingerprint density at radius 1 is 1.05 bits per heavy atom. The molecule has 40 heavy (non-hydrogen) atoms. The van der Waals surface area contributed by atoms with E-state index in [-0.39, 0.29) is 17.6 Å². The number of nitrogens with one attached hydrogen (secondary N) is 1. The monoisotopic (exact) mass is 544 g/mol. The van der Waals surface area contributed by atoms with Crippen molar-refractivity contribution >= 4 is 22.7 Å². The number of nitrogens with zero attached hydrogens (tertiary/aromatic N) is 3. The molecule has 9 heteroatoms. The van der Waals surface area contributed by atoms with Gasteiger partial charge in [-0.2, -0.15) is 5.10 Å². The minimum absolute atomic E-state index is 0.00693. The second-order valence-electron chi connectivity index (χ2n) is 10.1. The van der Waals surface area contributed by atoms with Gasteiger partial charge in [0.2, 0.25) is 0 Å². The molecule has 3 aromatic carbocycles. The Bertz CT molecular complexity index is 1490. The summed E-state index contributed by atoms with van der Waals surface area (Å²) in [6.45, 7) is 4.99. The van der Waals surface area contributed by atoms with Gasteiger partial charge in [-0.25, -0.2) is 4.39 Å². The van der Waals surface area contributed by atoms with Crippen molar-refractivity contribution in [2.45, 2.75) is 26.3 Å². The van der Waals surface area contributed by atoms with Gasteiger partial charge in [0.25, 0.3) is 11.8 Å². The number of aromatic nitrogens is 2. The summed E-state index contributed by atoms with van der Waals surface area (Å²) in [5, 5.41) is 8.58. The largest absolute Gasteiger partial charge is 0.457 e. The quantitative estimate of drug-likeness (QED) is 0.293. The summed E-state index contributed by atoms with van der Waals surface area (Å²) in [6, 6.07) is 16.6. The molecule has 0 aliphatic carbocycles. The highest BCUT2D eigenvalue weighted by atomic mass is 19.1. The van der Waals surface area contributed by atoms with Crippen LogP contribution in [0.2, 0.25) is 0 Å². The van der Waals surface area contributed by atoms with Crippen molar-refractivity contribution in [2.24, 2.45) is 5.92 Å². The Hall–Kier alpha value is -4.24. The fraction of sp³-hybridized carbons (Fsp3) is 0.323. The zero-order valence-electron chi connectivity index (χ0n) is 22.7. The van der Waals surface area contributed by atoms with E-state index in [1.807, 2.05) is 34.8 Å². The minimum Gasteiger partial charge on any atom is -0.457 e. The summed E-state index contributed by atoms with van der Waals surface area (Å²) in [5.41, 5.74) is 3.01. The number of ether oxygens (including phenoxy) is 2. The van der Waals surface area contributed by atoms with Gasteiger partial charge in [0, 0.05) is 62.1 Å². The van der Waals surface area contributed by atoms with Crippen molar-refractivity contribution < 1.29 is 23.5 Å². The maximum Gasteiger partial charge on any atom is 0.253 e. The molecule has 0 unspecified atom stereocenters. The van der Waals surface area contributed by atoms with Gasteiger partial charge in [0.15, 0.2) is 0 Å². The number of halogens is 1. The number of benzene rings is 3. The van der Waals surface area contributed by atoms with Crippen LogP contribution in [0, 0.1) is 18.7 Å². The van der Waals surface area contributed by atoms with E-state index in [2.05, 4.69) is 5.32 Å². The normalized spacial score (nSPS) is 13.9. The molecule has 0 saturated carbocycles. The average molecular weight is 545 g/mol. The predicted molar refractivity (Wildman–Crippen MR) is 150 cm³/mol. The number of likely N-dealkylation sites (tertiary alicyclic amines) is 1. The molecular formula is C31H33FN4O4. The third kappa shape index (κ3) is 6.31. The van der Waals surface area contributed by atoms with Crippen molar-refractivity contribution in [1.29, 1.82) is 0 Å². The molecule has 208 valence electrons. The molecule has 0 atom stereocenters. The number of hydrogen-bond donors (Lipinski definition) is 1. The Kier molecular flexibility index (Phi) is 8.40. The lowest BCUT2D eigenvalue weighted by molar-refractivity contribution is 0.0681. The number of piperidine rings is 1. The lowest BCUT2D eigenvalue weighted by Gasteiger charge is -2.32. The molecule has 1 fully saturated rings. The maximum atomic E-state index is 13.4. The van der Waals surface area contributed by atoms with Crippen LogP contribution in [0.3, 0.4) is 0 Å². The van der Waals surface area contributed by atoms with Gasteiger partial charge in [-0.1, -0.05) is 6.07 Å². The van der Waals surface area contributed by atoms with Crippen molar-refractivity contribution in [1.82, 2.24) is 20.0 Å². The zero-order valence-corrected chi connectivity index (χ0v) is 22.7. The Morgan fingerprint density at radius 2 is 1.82 bits per heavy atom. The first-order valence-electron chi connectivity index (χ1n) is 13.5. The van der Waals surface area contributed by atoms with E-state index in [1.54, 1.807) is 43.5 Å². The van der Waals surface area contributed by atoms with E-state index in [9.17, 15) is 14.0 Å². The van der Waals surface area contributed by atoms with Crippen LogP contribution in [-0.2, 0) is 11.3 Å². The molecule has 0 spiro atoms. The molecule has 2 amide bonds. The van der Waals surface area contributed by atoms with Gasteiger partial charge in [-0.15, -0.1) is 0 Å². The van der Waals surface area contributed by atoms with Crippen LogP contribution in [0.1, 0.15) is 39.1 Å². The Morgan fingerprint density at radius 3 is 2.55 bits per heavy atom. The Labute approximate surface area is 232 Å². The molecule has 8 nitrogen and oxygen atoms in total. The van der Waals surface area contributed by atoms with Crippen molar-refractivity contribution in [2.75, 3.05) is 33.4 Å². The van der Waals surface area contributed by atoms with E-state index in [4.69, 9.17) is 14.6 Å². The molecule has 0 bridgehead atoms. The third-order valence-corrected chi connectivity index (χ3v) is 7.32. The van der Waals surface area contributed by atoms with Crippen LogP contribution in [-0.4, -0.2) is 59.8 Å². The summed E-state index contributed by atoms with van der Waals surface area (Å²) in [4.78, 5) is 27.5. The lowest BCUT2D eigenvalue weighted by Crippen LogP contribution is -2.39. The fourth-order valence-electron chi connectivity index (χ4n) is 5.08. The van der Waals surface area contributed by atoms with Crippen LogP contribution in [0.5, 0.6) is 11.5 Å². The molecule has 0 radical (unpaired) electrons. The zero-order chi connectivity index (χ0) is 28.1. The van der Waals surface area contributed by atoms with Crippen LogP contribution in [0.15, 0.2) is 66.9 Å². The van der Waals surface area contributed by atoms with Crippen LogP contribution in [0.4, 0.5) is 4.39 Å². The predicted octanol–water partition coefficient (Wildman–Crippen LogP) is 5.20. The summed E-state index contributed by atoms with van der Waals surface area (Å²) >= 11 is 0. The summed E-state index contributed by atoms with van der Waals surface area (Å²) in [7, 11) is 1.60. The first kappa shape index (κ1) is 27.3. The standard InChI is InChI=1S/C31H33FN4O4/c1-21-27(30(37)33-14-17-39-2)10-11-29-28(21)20-36(34-29)19-22-12-15-35(16-13-22)31(38)23-6-8-25(9-7-23)40-26-5-3-4-24(32)18-26/h3-11,18,20,22H,12-17,19H2,1-2H3,(H,33,37). The number of amides is 2. The van der Waals surface area contributed by atoms with Gasteiger partial charge in [0.1, 0.15) is 17.3 Å². The number of carbonyl (C=O) groups is 2. The van der Waals surface area contributed by atoms with E-state index in [0.29, 0.717) is 54.8 Å². The number of rotatable bonds is 9.